The lowest BCUT2D eigenvalue weighted by molar-refractivity contribution is 0.0541. The van der Waals surface area contributed by atoms with Gasteiger partial charge in [-0.2, -0.15) is 0 Å². The van der Waals surface area contributed by atoms with Gasteiger partial charge in [-0.15, -0.1) is 0 Å². The van der Waals surface area contributed by atoms with Crippen molar-refractivity contribution in [3.8, 4) is 44.5 Å². The fourth-order valence-corrected chi connectivity index (χ4v) is 6.88. The Labute approximate surface area is 339 Å². The first kappa shape index (κ1) is 39.9. The number of carbonyl (C=O) groups excluding carboxylic acids is 3. The molecule has 0 amide bonds. The number of nitrogens with one attached hydrogen (secondary N) is 1. The number of pyridine rings is 2. The highest BCUT2D eigenvalue weighted by Crippen LogP contribution is 2.35. The molecule has 0 saturated heterocycles. The van der Waals surface area contributed by atoms with Crippen molar-refractivity contribution in [2.75, 3.05) is 14.2 Å². The molecule has 14 heteroatoms. The maximum atomic E-state index is 13.1. The molecule has 1 N–H and O–H groups in total. The Morgan fingerprint density at radius 1 is 0.661 bits per heavy atom. The summed E-state index contributed by atoms with van der Waals surface area (Å²) in [6, 6.07) is 18.1. The van der Waals surface area contributed by atoms with Crippen molar-refractivity contribution in [1.29, 1.82) is 0 Å². The van der Waals surface area contributed by atoms with Crippen molar-refractivity contribution in [3.05, 3.63) is 119 Å². The summed E-state index contributed by atoms with van der Waals surface area (Å²) < 4.78 is 27.1. The number of aryl methyl sites for hydroxylation is 4. The molecule has 300 valence electrons. The molecule has 8 aromatic rings. The first-order valence-electron chi connectivity index (χ1n) is 18.6. The van der Waals surface area contributed by atoms with Crippen LogP contribution in [0.1, 0.15) is 64.4 Å². The van der Waals surface area contributed by atoms with E-state index in [1.165, 1.54) is 18.8 Å². The number of esters is 2. The summed E-state index contributed by atoms with van der Waals surface area (Å²) in [5.41, 5.74) is 11.9. The molecular weight excluding hydrogens is 753 g/mol. The number of benzene rings is 2. The number of fused-ring (bicyclic) bond motifs is 2. The van der Waals surface area contributed by atoms with E-state index in [1.807, 2.05) is 85.1 Å². The molecule has 2 aromatic carbocycles. The van der Waals surface area contributed by atoms with Crippen molar-refractivity contribution in [2.45, 2.75) is 54.1 Å². The fourth-order valence-electron chi connectivity index (χ4n) is 6.88. The van der Waals surface area contributed by atoms with Gasteiger partial charge in [-0.3, -0.25) is 14.5 Å². The Morgan fingerprint density at radius 2 is 1.15 bits per heavy atom. The molecule has 0 unspecified atom stereocenters. The first-order chi connectivity index (χ1) is 28.2. The van der Waals surface area contributed by atoms with E-state index in [0.717, 1.165) is 72.7 Å². The van der Waals surface area contributed by atoms with Gasteiger partial charge < -0.3 is 28.2 Å². The fraction of sp³-hybridized carbons (Fsp3) is 0.222. The van der Waals surface area contributed by atoms with Gasteiger partial charge >= 0.3 is 18.0 Å². The van der Waals surface area contributed by atoms with Crippen LogP contribution in [0.3, 0.4) is 0 Å². The van der Waals surface area contributed by atoms with E-state index in [4.69, 9.17) is 23.3 Å². The van der Waals surface area contributed by atoms with Gasteiger partial charge in [0.25, 0.3) is 0 Å². The number of aromatic nitrogens is 6. The molecule has 0 radical (unpaired) electrons. The van der Waals surface area contributed by atoms with Crippen molar-refractivity contribution in [1.82, 2.24) is 29.8 Å². The molecule has 14 nitrogen and oxygen atoms in total. The van der Waals surface area contributed by atoms with Crippen LogP contribution in [0.4, 0.5) is 4.79 Å². The Balaban J connectivity index is 0.000000184. The van der Waals surface area contributed by atoms with Gasteiger partial charge in [0.05, 0.1) is 58.8 Å². The second kappa shape index (κ2) is 15.9. The lowest BCUT2D eigenvalue weighted by atomic mass is 10.0. The zero-order valence-electron chi connectivity index (χ0n) is 34.1. The van der Waals surface area contributed by atoms with Crippen molar-refractivity contribution in [2.24, 2.45) is 0 Å². The van der Waals surface area contributed by atoms with E-state index in [0.29, 0.717) is 27.9 Å². The normalized spacial score (nSPS) is 11.3. The van der Waals surface area contributed by atoms with Crippen LogP contribution in [0, 0.1) is 27.7 Å². The lowest BCUT2D eigenvalue weighted by Gasteiger charge is -2.19. The Morgan fingerprint density at radius 3 is 1.63 bits per heavy atom. The number of H-pyrrole nitrogens is 1. The monoisotopic (exact) mass is 794 g/mol. The molecule has 6 aromatic heterocycles. The number of hydrogen-bond donors (Lipinski definition) is 1. The van der Waals surface area contributed by atoms with Gasteiger partial charge in [-0.25, -0.2) is 14.4 Å². The van der Waals surface area contributed by atoms with Gasteiger partial charge in [0.1, 0.15) is 17.1 Å². The molecule has 0 saturated carbocycles. The van der Waals surface area contributed by atoms with E-state index in [-0.39, 0.29) is 5.97 Å². The van der Waals surface area contributed by atoms with Gasteiger partial charge in [0.15, 0.2) is 0 Å². The van der Waals surface area contributed by atoms with Crippen LogP contribution < -0.4 is 0 Å². The Kier molecular flexibility index (Phi) is 10.7. The molecule has 0 bridgehead atoms. The Bertz CT molecular complexity index is 2820. The number of ether oxygens (including phenoxy) is 3. The van der Waals surface area contributed by atoms with E-state index in [2.05, 4.69) is 25.3 Å². The van der Waals surface area contributed by atoms with E-state index in [9.17, 15) is 14.4 Å². The summed E-state index contributed by atoms with van der Waals surface area (Å²) in [5.74, 6) is 0.675. The summed E-state index contributed by atoms with van der Waals surface area (Å²) in [6.07, 6.45) is 6.68. The average Bonchev–Trinajstić information content (AvgIpc) is 4.00. The van der Waals surface area contributed by atoms with Crippen LogP contribution in [0.15, 0.2) is 94.5 Å². The van der Waals surface area contributed by atoms with Crippen molar-refractivity contribution < 1.29 is 37.6 Å². The van der Waals surface area contributed by atoms with Gasteiger partial charge in [0.2, 0.25) is 0 Å². The number of nitrogens with zero attached hydrogens (tertiary/aromatic N) is 5. The SMILES string of the molecule is COC(=O)c1ccc(-c2c[nH]c3cc(-c4c(C)noc4C)cnc23)cc1.COC(=O)c1ccc(-c2cn(C(=O)OC(C)(C)C)c3cc(-c4c(C)noc4C)cnc23)cc1. The summed E-state index contributed by atoms with van der Waals surface area (Å²) in [7, 11) is 2.71. The third-order valence-corrected chi connectivity index (χ3v) is 9.62. The van der Waals surface area contributed by atoms with Crippen LogP contribution in [0.5, 0.6) is 0 Å². The largest absolute Gasteiger partial charge is 0.465 e. The summed E-state index contributed by atoms with van der Waals surface area (Å²) in [6.45, 7) is 12.9. The highest BCUT2D eigenvalue weighted by atomic mass is 16.6. The third-order valence-electron chi connectivity index (χ3n) is 9.62. The highest BCUT2D eigenvalue weighted by molar-refractivity contribution is 6.00. The predicted octanol–water partition coefficient (Wildman–Crippen LogP) is 9.83. The van der Waals surface area contributed by atoms with Crippen molar-refractivity contribution >= 4 is 40.1 Å². The quantitative estimate of drug-likeness (QED) is 0.125. The summed E-state index contributed by atoms with van der Waals surface area (Å²) in [5, 5.41) is 8.03. The van der Waals surface area contributed by atoms with E-state index >= 15 is 0 Å². The zero-order chi connectivity index (χ0) is 42.2. The summed E-state index contributed by atoms with van der Waals surface area (Å²) >= 11 is 0. The Hall–Kier alpha value is -7.35. The van der Waals surface area contributed by atoms with E-state index < -0.39 is 17.7 Å². The average molecular weight is 795 g/mol. The third kappa shape index (κ3) is 7.97. The maximum absolute atomic E-state index is 13.1. The summed E-state index contributed by atoms with van der Waals surface area (Å²) in [4.78, 5) is 49.0. The van der Waals surface area contributed by atoms with Crippen LogP contribution >= 0.6 is 0 Å². The number of methoxy groups -OCH3 is 2. The molecule has 59 heavy (non-hydrogen) atoms. The van der Waals surface area contributed by atoms with Crippen LogP contribution in [-0.2, 0) is 14.2 Å². The minimum absolute atomic E-state index is 0.349. The van der Waals surface area contributed by atoms with Gasteiger partial charge in [-0.1, -0.05) is 34.6 Å². The van der Waals surface area contributed by atoms with Crippen LogP contribution in [-0.4, -0.2) is 67.7 Å². The minimum Gasteiger partial charge on any atom is -0.465 e. The molecule has 0 spiro atoms. The maximum Gasteiger partial charge on any atom is 0.419 e. The first-order valence-corrected chi connectivity index (χ1v) is 18.6. The number of aromatic amines is 1. The number of hydrogen-bond acceptors (Lipinski definition) is 12. The minimum atomic E-state index is -0.664. The van der Waals surface area contributed by atoms with E-state index in [1.54, 1.807) is 48.8 Å². The van der Waals surface area contributed by atoms with Gasteiger partial charge in [-0.05, 0) is 96.0 Å². The standard InChI is InChI=1S/C25H25N3O5.C20H17N3O3/c1-14-21(15(2)33-27-14)18-11-20-22(26-12-18)19(13-28(20)24(30)32-25(3,4)5)16-7-9-17(10-8-16)23(29)31-6;1-11-18(12(2)26-23-11)15-8-17-19(22-9-15)16(10-21-17)13-4-6-14(7-5-13)20(24)25-3/h7-13H,1-6H3;4-10,21H,1-3H3. The molecule has 8 rings (SSSR count). The van der Waals surface area contributed by atoms with Crippen LogP contribution in [0.2, 0.25) is 0 Å². The smallest absolute Gasteiger partial charge is 0.419 e. The lowest BCUT2D eigenvalue weighted by Crippen LogP contribution is -2.26. The number of rotatable bonds is 6. The van der Waals surface area contributed by atoms with Crippen molar-refractivity contribution in [3.63, 3.8) is 0 Å². The van der Waals surface area contributed by atoms with Crippen LogP contribution in [0.25, 0.3) is 66.6 Å². The molecule has 0 aliphatic heterocycles. The molecule has 0 aliphatic carbocycles. The second-order valence-corrected chi connectivity index (χ2v) is 14.8. The van der Waals surface area contributed by atoms with Gasteiger partial charge in [0, 0.05) is 58.2 Å². The zero-order valence-corrected chi connectivity index (χ0v) is 34.1. The topological polar surface area (TPSA) is 177 Å². The molecular formula is C45H42N6O8. The predicted molar refractivity (Wildman–Crippen MR) is 221 cm³/mol. The molecule has 6 heterocycles. The molecule has 0 aliphatic rings. The highest BCUT2D eigenvalue weighted by Gasteiger charge is 2.24. The molecule has 0 atom stereocenters. The number of carbonyl (C=O) groups is 3. The second-order valence-electron chi connectivity index (χ2n) is 14.8. The molecule has 0 fully saturated rings.